The fourth-order valence-corrected chi connectivity index (χ4v) is 2.15. The Morgan fingerprint density at radius 3 is 2.27 bits per heavy atom. The predicted molar refractivity (Wildman–Crippen MR) is 83.0 cm³/mol. The maximum absolute atomic E-state index is 12.5. The van der Waals surface area contributed by atoms with Crippen LogP contribution in [0.1, 0.15) is 23.0 Å². The van der Waals surface area contributed by atoms with Gasteiger partial charge in [-0.25, -0.2) is 4.98 Å². The Labute approximate surface area is 129 Å². The zero-order valence-electron chi connectivity index (χ0n) is 13.0. The molecule has 0 aliphatic rings. The van der Waals surface area contributed by atoms with Crippen LogP contribution in [-0.2, 0) is 6.42 Å². The first kappa shape index (κ1) is 15.8. The lowest BCUT2D eigenvalue weighted by atomic mass is 10.0. The van der Waals surface area contributed by atoms with Crippen LogP contribution in [0.2, 0.25) is 0 Å². The molecule has 0 atom stereocenters. The Hall–Kier alpha value is -2.56. The van der Waals surface area contributed by atoms with Crippen molar-refractivity contribution in [1.82, 2.24) is 4.98 Å². The highest BCUT2D eigenvalue weighted by Crippen LogP contribution is 2.29. The highest BCUT2D eigenvalue weighted by Gasteiger charge is 2.16. The smallest absolute Gasteiger partial charge is 0.213 e. The second-order valence-corrected chi connectivity index (χ2v) is 4.54. The van der Waals surface area contributed by atoms with E-state index in [0.29, 0.717) is 35.2 Å². The van der Waals surface area contributed by atoms with Gasteiger partial charge in [0.15, 0.2) is 5.78 Å². The van der Waals surface area contributed by atoms with Crippen LogP contribution in [0.4, 0.5) is 0 Å². The molecule has 0 aliphatic carbocycles. The van der Waals surface area contributed by atoms with Crippen molar-refractivity contribution in [2.24, 2.45) is 0 Å². The van der Waals surface area contributed by atoms with Gasteiger partial charge >= 0.3 is 0 Å². The molecule has 0 saturated heterocycles. The number of aromatic nitrogens is 1. The number of pyridine rings is 1. The third kappa shape index (κ3) is 3.55. The molecule has 0 aliphatic heterocycles. The number of ether oxygens (including phenoxy) is 3. The third-order valence-electron chi connectivity index (χ3n) is 3.17. The summed E-state index contributed by atoms with van der Waals surface area (Å²) in [6.45, 7) is 2.38. The quantitative estimate of drug-likeness (QED) is 0.736. The van der Waals surface area contributed by atoms with Gasteiger partial charge in [-0.1, -0.05) is 12.1 Å². The maximum atomic E-state index is 12.5. The molecule has 0 radical (unpaired) electrons. The molecule has 1 aromatic heterocycles. The van der Waals surface area contributed by atoms with Crippen molar-refractivity contribution in [2.45, 2.75) is 13.3 Å². The van der Waals surface area contributed by atoms with Crippen LogP contribution in [0.3, 0.4) is 0 Å². The first-order chi connectivity index (χ1) is 10.7. The number of Topliss-reactive ketones (excluding diaryl/α,β-unsaturated/α-hetero) is 1. The molecular weight excluding hydrogens is 282 g/mol. The van der Waals surface area contributed by atoms with Gasteiger partial charge < -0.3 is 14.2 Å². The van der Waals surface area contributed by atoms with Crippen LogP contribution in [0, 0.1) is 0 Å². The topological polar surface area (TPSA) is 57.7 Å². The Morgan fingerprint density at radius 2 is 1.68 bits per heavy atom. The van der Waals surface area contributed by atoms with E-state index in [2.05, 4.69) is 4.98 Å². The molecule has 2 aromatic rings. The minimum Gasteiger partial charge on any atom is -0.496 e. The normalized spacial score (nSPS) is 10.1. The van der Waals surface area contributed by atoms with Crippen LogP contribution in [0.25, 0.3) is 0 Å². The molecule has 5 heteroatoms. The second-order valence-electron chi connectivity index (χ2n) is 4.54. The van der Waals surface area contributed by atoms with Crippen molar-refractivity contribution in [3.63, 3.8) is 0 Å². The van der Waals surface area contributed by atoms with E-state index in [1.807, 2.05) is 13.0 Å². The molecule has 22 heavy (non-hydrogen) atoms. The van der Waals surface area contributed by atoms with E-state index in [1.165, 1.54) is 0 Å². The largest absolute Gasteiger partial charge is 0.496 e. The number of hydrogen-bond donors (Lipinski definition) is 0. The summed E-state index contributed by atoms with van der Waals surface area (Å²) in [6, 6.07) is 10.6. The van der Waals surface area contributed by atoms with Crippen LogP contribution >= 0.6 is 0 Å². The van der Waals surface area contributed by atoms with Crippen molar-refractivity contribution >= 4 is 5.78 Å². The molecule has 0 N–H and O–H groups in total. The van der Waals surface area contributed by atoms with Crippen LogP contribution in [0.15, 0.2) is 36.4 Å². The molecule has 1 aromatic carbocycles. The van der Waals surface area contributed by atoms with Crippen LogP contribution in [0.5, 0.6) is 17.4 Å². The van der Waals surface area contributed by atoms with E-state index in [4.69, 9.17) is 14.2 Å². The molecule has 2 rings (SSSR count). The number of carbonyl (C=O) groups excluding carboxylic acids is 1. The number of carbonyl (C=O) groups is 1. The van der Waals surface area contributed by atoms with E-state index in [1.54, 1.807) is 44.6 Å². The number of benzene rings is 1. The van der Waals surface area contributed by atoms with Gasteiger partial charge in [0.25, 0.3) is 0 Å². The lowest BCUT2D eigenvalue weighted by Gasteiger charge is -2.12. The van der Waals surface area contributed by atoms with Gasteiger partial charge in [-0.15, -0.1) is 0 Å². The van der Waals surface area contributed by atoms with Gasteiger partial charge in [0.1, 0.15) is 17.2 Å². The minimum atomic E-state index is -0.121. The molecule has 0 unspecified atom stereocenters. The van der Waals surface area contributed by atoms with E-state index >= 15 is 0 Å². The first-order valence-electron chi connectivity index (χ1n) is 7.02. The average Bonchev–Trinajstić information content (AvgIpc) is 2.55. The summed E-state index contributed by atoms with van der Waals surface area (Å²) >= 11 is 0. The number of ketones is 1. The van der Waals surface area contributed by atoms with Gasteiger partial charge in [0.05, 0.1) is 20.8 Å². The van der Waals surface area contributed by atoms with Crippen molar-refractivity contribution in [3.05, 3.63) is 47.7 Å². The average molecular weight is 301 g/mol. The van der Waals surface area contributed by atoms with Gasteiger partial charge in [-0.05, 0) is 25.1 Å². The Kier molecular flexibility index (Phi) is 5.36. The summed E-state index contributed by atoms with van der Waals surface area (Å²) in [5.74, 6) is 1.56. The lowest BCUT2D eigenvalue weighted by Crippen LogP contribution is -2.09. The van der Waals surface area contributed by atoms with Crippen molar-refractivity contribution in [3.8, 4) is 17.4 Å². The summed E-state index contributed by atoms with van der Waals surface area (Å²) in [5.41, 5.74) is 1.07. The summed E-state index contributed by atoms with van der Waals surface area (Å²) in [4.78, 5) is 16.7. The molecular formula is C17H19NO4. The highest BCUT2D eigenvalue weighted by molar-refractivity contribution is 5.96. The molecule has 0 spiro atoms. The lowest BCUT2D eigenvalue weighted by molar-refractivity contribution is 0.0985. The van der Waals surface area contributed by atoms with E-state index < -0.39 is 0 Å². The monoisotopic (exact) mass is 301 g/mol. The predicted octanol–water partition coefficient (Wildman–Crippen LogP) is 2.92. The molecule has 0 fully saturated rings. The Balaban J connectivity index is 2.27. The zero-order valence-corrected chi connectivity index (χ0v) is 13.0. The number of rotatable bonds is 7. The number of nitrogens with zero attached hydrogens (tertiary/aromatic N) is 1. The van der Waals surface area contributed by atoms with E-state index in [-0.39, 0.29) is 12.2 Å². The number of hydrogen-bond acceptors (Lipinski definition) is 5. The molecule has 116 valence electrons. The van der Waals surface area contributed by atoms with E-state index in [0.717, 1.165) is 0 Å². The van der Waals surface area contributed by atoms with Crippen molar-refractivity contribution < 1.29 is 19.0 Å². The van der Waals surface area contributed by atoms with Gasteiger partial charge in [0.2, 0.25) is 5.88 Å². The third-order valence-corrected chi connectivity index (χ3v) is 3.17. The van der Waals surface area contributed by atoms with E-state index in [9.17, 15) is 4.79 Å². The summed E-state index contributed by atoms with van der Waals surface area (Å²) in [7, 11) is 3.13. The van der Waals surface area contributed by atoms with Crippen molar-refractivity contribution in [2.75, 3.05) is 20.8 Å². The highest BCUT2D eigenvalue weighted by atomic mass is 16.5. The number of methoxy groups -OCH3 is 2. The molecule has 0 amide bonds. The Morgan fingerprint density at radius 1 is 1.05 bits per heavy atom. The molecule has 5 nitrogen and oxygen atoms in total. The van der Waals surface area contributed by atoms with Gasteiger partial charge in [-0.2, -0.15) is 0 Å². The standard InChI is InChI=1S/C17H19NO4/c1-4-22-17-10-5-7-13(18-17)14(19)11-12-15(20-2)8-6-9-16(12)21-3/h5-10H,4,11H2,1-3H3. The SMILES string of the molecule is CCOc1cccc(C(=O)Cc2c(OC)cccc2OC)n1. The first-order valence-corrected chi connectivity index (χ1v) is 7.02. The molecule has 0 saturated carbocycles. The van der Waals surface area contributed by atoms with Gasteiger partial charge in [0, 0.05) is 18.1 Å². The fourth-order valence-electron chi connectivity index (χ4n) is 2.15. The second kappa shape index (κ2) is 7.45. The van der Waals surface area contributed by atoms with Crippen LogP contribution < -0.4 is 14.2 Å². The molecule has 0 bridgehead atoms. The maximum Gasteiger partial charge on any atom is 0.213 e. The van der Waals surface area contributed by atoms with Gasteiger partial charge in [-0.3, -0.25) is 4.79 Å². The summed E-state index contributed by atoms with van der Waals surface area (Å²) in [5, 5.41) is 0. The zero-order chi connectivity index (χ0) is 15.9. The minimum absolute atomic E-state index is 0.121. The summed E-state index contributed by atoms with van der Waals surface area (Å²) < 4.78 is 15.9. The fraction of sp³-hybridized carbons (Fsp3) is 0.294. The summed E-state index contributed by atoms with van der Waals surface area (Å²) in [6.07, 6.45) is 0.149. The van der Waals surface area contributed by atoms with Crippen molar-refractivity contribution in [1.29, 1.82) is 0 Å². The van der Waals surface area contributed by atoms with Crippen LogP contribution in [-0.4, -0.2) is 31.6 Å². The Bertz CT molecular complexity index is 633. The molecule has 1 heterocycles.